The van der Waals surface area contributed by atoms with E-state index in [-0.39, 0.29) is 30.8 Å². The lowest BCUT2D eigenvalue weighted by Crippen LogP contribution is -2.15. The number of aromatic nitrogens is 3. The van der Waals surface area contributed by atoms with E-state index < -0.39 is 0 Å². The number of carbonyl (C=O) groups excluding carboxylic acids is 1. The molecule has 1 aliphatic rings. The number of nitrogens with one attached hydrogen (secondary N) is 2. The minimum Gasteiger partial charge on any atom is -0.493 e. The Labute approximate surface area is 142 Å². The summed E-state index contributed by atoms with van der Waals surface area (Å²) in [5, 5.41) is 10.2. The van der Waals surface area contributed by atoms with E-state index in [0.717, 1.165) is 0 Å². The molecule has 0 spiro atoms. The van der Waals surface area contributed by atoms with Crippen molar-refractivity contribution in [3.05, 3.63) is 48.0 Å². The first-order valence-corrected chi connectivity index (χ1v) is 7.93. The van der Waals surface area contributed by atoms with E-state index in [1.165, 1.54) is 12.1 Å². The number of amides is 1. The van der Waals surface area contributed by atoms with Crippen molar-refractivity contribution < 1.29 is 13.9 Å². The number of halogens is 1. The van der Waals surface area contributed by atoms with E-state index in [1.807, 2.05) is 6.92 Å². The van der Waals surface area contributed by atoms with Crippen LogP contribution in [0.15, 0.2) is 36.7 Å². The smallest absolute Gasteiger partial charge is 0.227 e. The highest BCUT2D eigenvalue weighted by Crippen LogP contribution is 2.29. The number of fused-ring (bicyclic) bond motifs is 2. The number of carbonyl (C=O) groups is 1. The summed E-state index contributed by atoms with van der Waals surface area (Å²) in [6, 6.07) is 5.87. The molecule has 0 unspecified atom stereocenters. The summed E-state index contributed by atoms with van der Waals surface area (Å²) < 4.78 is 21.0. The highest BCUT2D eigenvalue weighted by atomic mass is 19.1. The van der Waals surface area contributed by atoms with Crippen LogP contribution < -0.4 is 15.4 Å². The zero-order valence-corrected chi connectivity index (χ0v) is 13.5. The lowest BCUT2D eigenvalue weighted by atomic mass is 10.1. The van der Waals surface area contributed by atoms with Gasteiger partial charge in [-0.3, -0.25) is 4.79 Å². The third-order valence-corrected chi connectivity index (χ3v) is 4.03. The van der Waals surface area contributed by atoms with Crippen LogP contribution in [-0.2, 0) is 4.79 Å². The largest absolute Gasteiger partial charge is 0.493 e. The van der Waals surface area contributed by atoms with E-state index in [1.54, 1.807) is 29.0 Å². The predicted molar refractivity (Wildman–Crippen MR) is 90.2 cm³/mol. The van der Waals surface area contributed by atoms with Crippen molar-refractivity contribution in [1.82, 2.24) is 14.6 Å². The van der Waals surface area contributed by atoms with Crippen LogP contribution in [0.4, 0.5) is 15.9 Å². The standard InChI is InChI=1S/C17H16FN5O2/c1-10-12-8-11(18)2-3-14(12)25-7-5-16(24)21-13-9-19-23-6-4-15(20-10)22-17(13)23/h2-4,6,8-10H,5,7H2,1H3,(H,20,22)(H,21,24)/t10-/m1/s1. The third-order valence-electron chi connectivity index (χ3n) is 4.03. The minimum atomic E-state index is -0.348. The molecule has 0 saturated heterocycles. The van der Waals surface area contributed by atoms with Gasteiger partial charge in [0, 0.05) is 11.8 Å². The number of anilines is 2. The minimum absolute atomic E-state index is 0.162. The average molecular weight is 341 g/mol. The van der Waals surface area contributed by atoms with Gasteiger partial charge in [0.05, 0.1) is 25.3 Å². The zero-order chi connectivity index (χ0) is 17.4. The molecule has 4 rings (SSSR count). The number of nitrogens with zero attached hydrogens (tertiary/aromatic N) is 3. The molecule has 128 valence electrons. The van der Waals surface area contributed by atoms with Gasteiger partial charge in [0.2, 0.25) is 5.91 Å². The molecule has 1 aromatic carbocycles. The summed E-state index contributed by atoms with van der Waals surface area (Å²) >= 11 is 0. The SMILES string of the molecule is C[C@H]1Nc2ccn3ncc(c3n2)NC(=O)CCOc2ccc(F)cc21. The van der Waals surface area contributed by atoms with Gasteiger partial charge in [-0.25, -0.2) is 13.9 Å². The quantitative estimate of drug-likeness (QED) is 0.657. The van der Waals surface area contributed by atoms with Crippen LogP contribution in [-0.4, -0.2) is 27.1 Å². The van der Waals surface area contributed by atoms with E-state index >= 15 is 0 Å². The molecule has 1 amide bonds. The van der Waals surface area contributed by atoms with Crippen molar-refractivity contribution in [3.63, 3.8) is 0 Å². The average Bonchev–Trinajstić information content (AvgIpc) is 2.97. The molecule has 3 aromatic rings. The second kappa shape index (κ2) is 6.04. The van der Waals surface area contributed by atoms with Crippen LogP contribution in [0.5, 0.6) is 5.75 Å². The molecule has 3 heterocycles. The first-order valence-electron chi connectivity index (χ1n) is 7.93. The lowest BCUT2D eigenvalue weighted by molar-refractivity contribution is -0.116. The summed E-state index contributed by atoms with van der Waals surface area (Å²) in [7, 11) is 0. The maximum Gasteiger partial charge on any atom is 0.227 e. The fourth-order valence-corrected chi connectivity index (χ4v) is 2.79. The molecule has 0 saturated carbocycles. The highest BCUT2D eigenvalue weighted by molar-refractivity contribution is 5.94. The normalized spacial score (nSPS) is 17.5. The molecule has 2 bridgehead atoms. The maximum absolute atomic E-state index is 13.7. The Kier molecular flexibility index (Phi) is 3.72. The molecule has 0 fully saturated rings. The van der Waals surface area contributed by atoms with Gasteiger partial charge in [-0.15, -0.1) is 0 Å². The van der Waals surface area contributed by atoms with Crippen molar-refractivity contribution in [3.8, 4) is 5.75 Å². The number of hydrogen-bond donors (Lipinski definition) is 2. The van der Waals surface area contributed by atoms with Crippen LogP contribution >= 0.6 is 0 Å². The number of hydrogen-bond acceptors (Lipinski definition) is 5. The van der Waals surface area contributed by atoms with E-state index in [0.29, 0.717) is 28.5 Å². The van der Waals surface area contributed by atoms with Crippen molar-refractivity contribution in [1.29, 1.82) is 0 Å². The molecular formula is C17H16FN5O2. The topological polar surface area (TPSA) is 80.5 Å². The van der Waals surface area contributed by atoms with Gasteiger partial charge in [-0.2, -0.15) is 5.10 Å². The Morgan fingerprint density at radius 2 is 2.24 bits per heavy atom. The molecule has 0 radical (unpaired) electrons. The van der Waals surface area contributed by atoms with Crippen LogP contribution in [0, 0.1) is 5.82 Å². The van der Waals surface area contributed by atoms with Crippen molar-refractivity contribution in [2.24, 2.45) is 0 Å². The van der Waals surface area contributed by atoms with Gasteiger partial charge < -0.3 is 15.4 Å². The Hall–Kier alpha value is -3.16. The van der Waals surface area contributed by atoms with Crippen LogP contribution in [0.1, 0.15) is 24.9 Å². The fourth-order valence-electron chi connectivity index (χ4n) is 2.79. The Balaban J connectivity index is 1.79. The first kappa shape index (κ1) is 15.4. The second-order valence-corrected chi connectivity index (χ2v) is 5.83. The molecule has 1 atom stereocenters. The van der Waals surface area contributed by atoms with Crippen molar-refractivity contribution in [2.75, 3.05) is 17.2 Å². The van der Waals surface area contributed by atoms with Crippen LogP contribution in [0.3, 0.4) is 0 Å². The highest BCUT2D eigenvalue weighted by Gasteiger charge is 2.17. The van der Waals surface area contributed by atoms with Gasteiger partial charge in [0.15, 0.2) is 5.65 Å². The van der Waals surface area contributed by atoms with Gasteiger partial charge in [0.25, 0.3) is 0 Å². The number of rotatable bonds is 0. The fraction of sp³-hybridized carbons (Fsp3) is 0.235. The van der Waals surface area contributed by atoms with Gasteiger partial charge in [-0.05, 0) is 31.2 Å². The summed E-state index contributed by atoms with van der Waals surface area (Å²) in [5.74, 6) is 0.577. The molecule has 2 N–H and O–H groups in total. The molecule has 25 heavy (non-hydrogen) atoms. The van der Waals surface area contributed by atoms with E-state index in [2.05, 4.69) is 20.7 Å². The lowest BCUT2D eigenvalue weighted by Gasteiger charge is -2.19. The summed E-state index contributed by atoms with van der Waals surface area (Å²) in [6.07, 6.45) is 3.46. The first-order chi connectivity index (χ1) is 12.1. The molecular weight excluding hydrogens is 325 g/mol. The van der Waals surface area contributed by atoms with Gasteiger partial charge in [-0.1, -0.05) is 0 Å². The van der Waals surface area contributed by atoms with Crippen molar-refractivity contribution in [2.45, 2.75) is 19.4 Å². The number of ether oxygens (including phenoxy) is 1. The van der Waals surface area contributed by atoms with Crippen LogP contribution in [0.25, 0.3) is 5.65 Å². The van der Waals surface area contributed by atoms with Crippen molar-refractivity contribution >= 4 is 23.1 Å². The van der Waals surface area contributed by atoms with Crippen LogP contribution in [0.2, 0.25) is 0 Å². The summed E-state index contributed by atoms with van der Waals surface area (Å²) in [6.45, 7) is 2.08. The predicted octanol–water partition coefficient (Wildman–Crippen LogP) is 2.76. The van der Waals surface area contributed by atoms with E-state index in [9.17, 15) is 9.18 Å². The molecule has 7 nitrogen and oxygen atoms in total. The summed E-state index contributed by atoms with van der Waals surface area (Å²) in [4.78, 5) is 16.6. The van der Waals surface area contributed by atoms with Gasteiger partial charge in [0.1, 0.15) is 23.1 Å². The van der Waals surface area contributed by atoms with E-state index in [4.69, 9.17) is 4.74 Å². The maximum atomic E-state index is 13.7. The molecule has 8 heteroatoms. The zero-order valence-electron chi connectivity index (χ0n) is 13.5. The Morgan fingerprint density at radius 3 is 3.12 bits per heavy atom. The number of benzene rings is 1. The molecule has 0 aliphatic carbocycles. The molecule has 1 aliphatic heterocycles. The molecule has 2 aromatic heterocycles. The Morgan fingerprint density at radius 1 is 1.36 bits per heavy atom. The second-order valence-electron chi connectivity index (χ2n) is 5.83. The third kappa shape index (κ3) is 2.98. The summed E-state index contributed by atoms with van der Waals surface area (Å²) in [5.41, 5.74) is 1.73. The Bertz CT molecular complexity index is 955. The monoisotopic (exact) mass is 341 g/mol. The van der Waals surface area contributed by atoms with Gasteiger partial charge >= 0.3 is 0 Å².